The summed E-state index contributed by atoms with van der Waals surface area (Å²) in [4.78, 5) is 12.0. The molecule has 0 saturated heterocycles. The minimum atomic E-state index is -3.71. The Morgan fingerprint density at radius 3 is 2.23 bits per heavy atom. The second-order valence-corrected chi connectivity index (χ2v) is 8.48. The van der Waals surface area contributed by atoms with Gasteiger partial charge in [0.15, 0.2) is 0 Å². The number of sulfonamides is 1. The van der Waals surface area contributed by atoms with E-state index in [1.54, 1.807) is 36.4 Å². The predicted molar refractivity (Wildman–Crippen MR) is 104 cm³/mol. The molecule has 0 bridgehead atoms. The van der Waals surface area contributed by atoms with E-state index in [1.807, 2.05) is 26.0 Å². The second-order valence-electron chi connectivity index (χ2n) is 6.27. The van der Waals surface area contributed by atoms with E-state index in [0.717, 1.165) is 11.1 Å². The zero-order valence-corrected chi connectivity index (χ0v) is 16.4. The van der Waals surface area contributed by atoms with Gasteiger partial charge in [0.05, 0.1) is 11.4 Å². The third-order valence-electron chi connectivity index (χ3n) is 3.93. The highest BCUT2D eigenvalue weighted by molar-refractivity contribution is 7.89. The highest BCUT2D eigenvalue weighted by Gasteiger charge is 2.15. The van der Waals surface area contributed by atoms with Crippen molar-refractivity contribution in [1.29, 1.82) is 0 Å². The van der Waals surface area contributed by atoms with Crippen LogP contribution in [-0.4, -0.2) is 27.4 Å². The summed E-state index contributed by atoms with van der Waals surface area (Å²) < 4.78 is 26.8. The van der Waals surface area contributed by atoms with Crippen LogP contribution in [0.1, 0.15) is 30.9 Å². The van der Waals surface area contributed by atoms with Gasteiger partial charge in [-0.05, 0) is 47.7 Å². The van der Waals surface area contributed by atoms with Crippen LogP contribution in [0.5, 0.6) is 0 Å². The SMILES string of the molecule is CC(C)c1ccc(S(=O)(=O)NCC(=O)NCCc2ccc(Cl)cc2)cc1. The standard InChI is InChI=1S/C19H23ClN2O3S/c1-14(2)16-5-9-18(10-6-16)26(24,25)22-13-19(23)21-12-11-15-3-7-17(20)8-4-15/h3-10,14,22H,11-13H2,1-2H3,(H,21,23). The number of hydrogen-bond donors (Lipinski definition) is 2. The van der Waals surface area contributed by atoms with Crippen molar-refractivity contribution in [3.8, 4) is 0 Å². The minimum Gasteiger partial charge on any atom is -0.355 e. The summed E-state index contributed by atoms with van der Waals surface area (Å²) in [5.74, 6) is -0.0486. The lowest BCUT2D eigenvalue weighted by Crippen LogP contribution is -2.37. The van der Waals surface area contributed by atoms with E-state index in [4.69, 9.17) is 11.6 Å². The molecule has 2 aromatic rings. The smallest absolute Gasteiger partial charge is 0.241 e. The van der Waals surface area contributed by atoms with E-state index in [-0.39, 0.29) is 17.3 Å². The molecule has 2 aromatic carbocycles. The first-order valence-electron chi connectivity index (χ1n) is 8.39. The summed E-state index contributed by atoms with van der Waals surface area (Å²) in [5, 5.41) is 3.36. The molecule has 0 aliphatic heterocycles. The molecular weight excluding hydrogens is 372 g/mol. The van der Waals surface area contributed by atoms with Crippen molar-refractivity contribution in [2.45, 2.75) is 31.1 Å². The van der Waals surface area contributed by atoms with Gasteiger partial charge in [0.1, 0.15) is 0 Å². The van der Waals surface area contributed by atoms with Crippen molar-refractivity contribution in [1.82, 2.24) is 10.0 Å². The van der Waals surface area contributed by atoms with Crippen molar-refractivity contribution >= 4 is 27.5 Å². The molecule has 140 valence electrons. The molecule has 0 atom stereocenters. The number of nitrogens with one attached hydrogen (secondary N) is 2. The summed E-state index contributed by atoms with van der Waals surface area (Å²) in [5.41, 5.74) is 2.10. The van der Waals surface area contributed by atoms with E-state index in [0.29, 0.717) is 23.9 Å². The molecule has 5 nitrogen and oxygen atoms in total. The number of benzene rings is 2. The highest BCUT2D eigenvalue weighted by Crippen LogP contribution is 2.17. The number of halogens is 1. The molecule has 0 fully saturated rings. The van der Waals surface area contributed by atoms with Crippen LogP contribution in [-0.2, 0) is 21.2 Å². The normalized spacial score (nSPS) is 11.5. The first-order chi connectivity index (χ1) is 12.3. The maximum absolute atomic E-state index is 12.2. The Morgan fingerprint density at radius 1 is 1.04 bits per heavy atom. The van der Waals surface area contributed by atoms with Gasteiger partial charge in [-0.15, -0.1) is 0 Å². The van der Waals surface area contributed by atoms with Crippen LogP contribution < -0.4 is 10.0 Å². The Hall–Kier alpha value is -1.89. The van der Waals surface area contributed by atoms with E-state index < -0.39 is 10.0 Å². The maximum atomic E-state index is 12.2. The van der Waals surface area contributed by atoms with Gasteiger partial charge in [-0.3, -0.25) is 4.79 Å². The monoisotopic (exact) mass is 394 g/mol. The van der Waals surface area contributed by atoms with Gasteiger partial charge < -0.3 is 5.32 Å². The Labute approximate surface area is 159 Å². The van der Waals surface area contributed by atoms with Crippen LogP contribution in [0.2, 0.25) is 5.02 Å². The topological polar surface area (TPSA) is 75.3 Å². The molecule has 0 aliphatic rings. The second kappa shape index (κ2) is 9.16. The Balaban J connectivity index is 1.80. The van der Waals surface area contributed by atoms with Crippen molar-refractivity contribution in [2.24, 2.45) is 0 Å². The summed E-state index contributed by atoms with van der Waals surface area (Å²) in [7, 11) is -3.71. The summed E-state index contributed by atoms with van der Waals surface area (Å²) in [6, 6.07) is 14.0. The van der Waals surface area contributed by atoms with Crippen molar-refractivity contribution in [3.05, 3.63) is 64.7 Å². The molecule has 2 N–H and O–H groups in total. The molecule has 2 rings (SSSR count). The zero-order valence-electron chi connectivity index (χ0n) is 14.8. The van der Waals surface area contributed by atoms with Gasteiger partial charge in [0, 0.05) is 11.6 Å². The maximum Gasteiger partial charge on any atom is 0.241 e. The van der Waals surface area contributed by atoms with Crippen molar-refractivity contribution in [2.75, 3.05) is 13.1 Å². The van der Waals surface area contributed by atoms with E-state index in [1.165, 1.54) is 0 Å². The molecule has 0 radical (unpaired) electrons. The largest absolute Gasteiger partial charge is 0.355 e. The van der Waals surface area contributed by atoms with E-state index in [9.17, 15) is 13.2 Å². The fourth-order valence-corrected chi connectivity index (χ4v) is 3.44. The van der Waals surface area contributed by atoms with Gasteiger partial charge in [0.2, 0.25) is 15.9 Å². The van der Waals surface area contributed by atoms with Gasteiger partial charge in [-0.25, -0.2) is 13.1 Å². The van der Waals surface area contributed by atoms with E-state index in [2.05, 4.69) is 10.0 Å². The van der Waals surface area contributed by atoms with Crippen molar-refractivity contribution < 1.29 is 13.2 Å². The third-order valence-corrected chi connectivity index (χ3v) is 5.60. The first-order valence-corrected chi connectivity index (χ1v) is 10.2. The fourth-order valence-electron chi connectivity index (χ4n) is 2.34. The fraction of sp³-hybridized carbons (Fsp3) is 0.316. The molecule has 0 unspecified atom stereocenters. The van der Waals surface area contributed by atoms with E-state index >= 15 is 0 Å². The van der Waals surface area contributed by atoms with Crippen LogP contribution in [0.4, 0.5) is 0 Å². The molecule has 0 saturated carbocycles. The Morgan fingerprint density at radius 2 is 1.65 bits per heavy atom. The lowest BCUT2D eigenvalue weighted by Gasteiger charge is -2.10. The minimum absolute atomic E-state index is 0.149. The lowest BCUT2D eigenvalue weighted by atomic mass is 10.0. The van der Waals surface area contributed by atoms with Crippen molar-refractivity contribution in [3.63, 3.8) is 0 Å². The lowest BCUT2D eigenvalue weighted by molar-refractivity contribution is -0.119. The number of carbonyl (C=O) groups is 1. The van der Waals surface area contributed by atoms with Gasteiger partial charge in [-0.1, -0.05) is 49.7 Å². The average molecular weight is 395 g/mol. The zero-order chi connectivity index (χ0) is 19.2. The summed E-state index contributed by atoms with van der Waals surface area (Å²) in [6.07, 6.45) is 0.645. The summed E-state index contributed by atoms with van der Waals surface area (Å²) >= 11 is 5.82. The first kappa shape index (κ1) is 20.4. The van der Waals surface area contributed by atoms with Crippen LogP contribution in [0.3, 0.4) is 0 Å². The Kier molecular flexibility index (Phi) is 7.20. The number of amides is 1. The van der Waals surface area contributed by atoms with Crippen LogP contribution in [0.15, 0.2) is 53.4 Å². The molecule has 0 spiro atoms. The third kappa shape index (κ3) is 6.12. The number of carbonyl (C=O) groups excluding carboxylic acids is 1. The number of rotatable bonds is 8. The summed E-state index contributed by atoms with van der Waals surface area (Å²) in [6.45, 7) is 4.20. The van der Waals surface area contributed by atoms with Crippen LogP contribution in [0.25, 0.3) is 0 Å². The molecule has 0 aromatic heterocycles. The van der Waals surface area contributed by atoms with Crippen LogP contribution in [0, 0.1) is 0 Å². The quantitative estimate of drug-likeness (QED) is 0.722. The molecule has 7 heteroatoms. The number of hydrogen-bond acceptors (Lipinski definition) is 3. The van der Waals surface area contributed by atoms with Crippen LogP contribution >= 0.6 is 11.6 Å². The molecular formula is C19H23ClN2O3S. The Bertz CT molecular complexity index is 832. The molecule has 26 heavy (non-hydrogen) atoms. The van der Waals surface area contributed by atoms with Gasteiger partial charge in [-0.2, -0.15) is 0 Å². The average Bonchev–Trinajstić information content (AvgIpc) is 2.62. The molecule has 0 aliphatic carbocycles. The predicted octanol–water partition coefficient (Wildman–Crippen LogP) is 3.10. The van der Waals surface area contributed by atoms with Gasteiger partial charge in [0.25, 0.3) is 0 Å². The molecule has 1 amide bonds. The highest BCUT2D eigenvalue weighted by atomic mass is 35.5. The van der Waals surface area contributed by atoms with Gasteiger partial charge >= 0.3 is 0 Å². The molecule has 0 heterocycles.